The number of rotatable bonds is 3. The van der Waals surface area contributed by atoms with Gasteiger partial charge in [-0.2, -0.15) is 0 Å². The average Bonchev–Trinajstić information content (AvgIpc) is 3.35. The van der Waals surface area contributed by atoms with Crippen LogP contribution in [0.25, 0.3) is 0 Å². The maximum Gasteiger partial charge on any atom is 0.253 e. The summed E-state index contributed by atoms with van der Waals surface area (Å²) in [6.07, 6.45) is 0.997. The first-order valence-electron chi connectivity index (χ1n) is 9.40. The van der Waals surface area contributed by atoms with Crippen LogP contribution in [-0.2, 0) is 9.59 Å². The monoisotopic (exact) mass is 441 g/mol. The lowest BCUT2D eigenvalue weighted by atomic mass is 9.90. The van der Waals surface area contributed by atoms with Gasteiger partial charge in [0, 0.05) is 23.6 Å². The van der Waals surface area contributed by atoms with Crippen LogP contribution >= 0.6 is 15.9 Å². The lowest BCUT2D eigenvalue weighted by molar-refractivity contribution is -0.126. The van der Waals surface area contributed by atoms with Crippen molar-refractivity contribution in [2.75, 3.05) is 25.1 Å². The highest BCUT2D eigenvalue weighted by Gasteiger charge is 2.62. The van der Waals surface area contributed by atoms with Gasteiger partial charge in [-0.25, -0.2) is 14.9 Å². The fourth-order valence-corrected chi connectivity index (χ4v) is 5.04. The van der Waals surface area contributed by atoms with Gasteiger partial charge in [0.1, 0.15) is 11.8 Å². The SMILES string of the molecule is COc1cccc(N2C(=O)[C@H]3[C@@H](C2=O)N2CCCN2[C@H]3c2ccc(Br)cc2)c1. The van der Waals surface area contributed by atoms with Gasteiger partial charge < -0.3 is 4.74 Å². The molecule has 3 heterocycles. The maximum atomic E-state index is 13.5. The average molecular weight is 442 g/mol. The first kappa shape index (κ1) is 17.8. The van der Waals surface area contributed by atoms with Crippen molar-refractivity contribution in [3.63, 3.8) is 0 Å². The van der Waals surface area contributed by atoms with Gasteiger partial charge in [-0.05, 0) is 36.2 Å². The molecule has 3 saturated heterocycles. The number of carbonyl (C=O) groups is 2. The van der Waals surface area contributed by atoms with Gasteiger partial charge in [-0.15, -0.1) is 0 Å². The number of hydrazine groups is 1. The van der Waals surface area contributed by atoms with Crippen LogP contribution in [-0.4, -0.2) is 48.1 Å². The summed E-state index contributed by atoms with van der Waals surface area (Å²) in [7, 11) is 1.58. The molecule has 2 aromatic carbocycles. The summed E-state index contributed by atoms with van der Waals surface area (Å²) >= 11 is 3.48. The number of ether oxygens (including phenoxy) is 1. The van der Waals surface area contributed by atoms with E-state index in [-0.39, 0.29) is 17.9 Å². The first-order valence-corrected chi connectivity index (χ1v) is 10.2. The van der Waals surface area contributed by atoms with E-state index in [2.05, 4.69) is 25.9 Å². The van der Waals surface area contributed by atoms with Crippen LogP contribution < -0.4 is 9.64 Å². The number of carbonyl (C=O) groups excluding carboxylic acids is 2. The third-order valence-electron chi connectivity index (χ3n) is 5.93. The zero-order valence-electron chi connectivity index (χ0n) is 15.4. The van der Waals surface area contributed by atoms with Crippen LogP contribution in [0.3, 0.4) is 0 Å². The number of nitrogens with zero attached hydrogens (tertiary/aromatic N) is 3. The Hall–Kier alpha value is -2.22. The second-order valence-corrected chi connectivity index (χ2v) is 8.28. The molecule has 0 saturated carbocycles. The van der Waals surface area contributed by atoms with E-state index in [0.717, 1.165) is 29.5 Å². The highest BCUT2D eigenvalue weighted by atomic mass is 79.9. The van der Waals surface area contributed by atoms with E-state index >= 15 is 0 Å². The smallest absolute Gasteiger partial charge is 0.253 e. The van der Waals surface area contributed by atoms with E-state index < -0.39 is 12.0 Å². The second kappa shape index (κ2) is 6.69. The lowest BCUT2D eigenvalue weighted by Gasteiger charge is -2.29. The van der Waals surface area contributed by atoms with Crippen LogP contribution in [0.15, 0.2) is 53.0 Å². The van der Waals surface area contributed by atoms with E-state index in [0.29, 0.717) is 11.4 Å². The number of imide groups is 1. The molecule has 0 bridgehead atoms. The Kier molecular flexibility index (Phi) is 4.26. The predicted molar refractivity (Wildman–Crippen MR) is 108 cm³/mol. The molecule has 5 rings (SSSR count). The number of amides is 2. The van der Waals surface area contributed by atoms with Gasteiger partial charge in [0.25, 0.3) is 5.91 Å². The molecule has 3 aliphatic rings. The minimum atomic E-state index is -0.435. The molecule has 0 N–H and O–H groups in total. The number of anilines is 1. The third kappa shape index (κ3) is 2.53. The molecule has 3 fully saturated rings. The Morgan fingerprint density at radius 2 is 1.68 bits per heavy atom. The molecule has 2 aromatic rings. The number of benzene rings is 2. The Balaban J connectivity index is 1.57. The molecule has 0 radical (unpaired) electrons. The third-order valence-corrected chi connectivity index (χ3v) is 6.46. The van der Waals surface area contributed by atoms with Crippen molar-refractivity contribution < 1.29 is 14.3 Å². The molecule has 0 unspecified atom stereocenters. The van der Waals surface area contributed by atoms with Crippen molar-refractivity contribution in [2.24, 2.45) is 5.92 Å². The summed E-state index contributed by atoms with van der Waals surface area (Å²) in [5, 5.41) is 4.33. The zero-order valence-corrected chi connectivity index (χ0v) is 17.0. The summed E-state index contributed by atoms with van der Waals surface area (Å²) in [4.78, 5) is 28.2. The van der Waals surface area contributed by atoms with E-state index in [1.54, 1.807) is 25.3 Å². The van der Waals surface area contributed by atoms with Crippen molar-refractivity contribution in [2.45, 2.75) is 18.5 Å². The molecule has 0 spiro atoms. The van der Waals surface area contributed by atoms with Gasteiger partial charge in [0.15, 0.2) is 0 Å². The van der Waals surface area contributed by atoms with Crippen LogP contribution in [0.2, 0.25) is 0 Å². The summed E-state index contributed by atoms with van der Waals surface area (Å²) in [6, 6.07) is 14.7. The van der Waals surface area contributed by atoms with E-state index in [1.165, 1.54) is 4.90 Å². The van der Waals surface area contributed by atoms with Gasteiger partial charge in [-0.3, -0.25) is 9.59 Å². The highest BCUT2D eigenvalue weighted by Crippen LogP contribution is 2.49. The van der Waals surface area contributed by atoms with Crippen molar-refractivity contribution >= 4 is 33.4 Å². The Morgan fingerprint density at radius 3 is 2.39 bits per heavy atom. The van der Waals surface area contributed by atoms with Crippen molar-refractivity contribution in [3.05, 3.63) is 58.6 Å². The van der Waals surface area contributed by atoms with Crippen LogP contribution in [0, 0.1) is 5.92 Å². The number of fused-ring (bicyclic) bond motifs is 3. The molecular formula is C21H20BrN3O3. The molecule has 3 atom stereocenters. The molecule has 0 aromatic heterocycles. The van der Waals surface area contributed by atoms with Crippen LogP contribution in [0.4, 0.5) is 5.69 Å². The van der Waals surface area contributed by atoms with Crippen molar-refractivity contribution in [1.82, 2.24) is 10.0 Å². The quantitative estimate of drug-likeness (QED) is 0.685. The summed E-state index contributed by atoms with van der Waals surface area (Å²) in [6.45, 7) is 1.67. The molecule has 3 aliphatic heterocycles. The second-order valence-electron chi connectivity index (χ2n) is 7.36. The lowest BCUT2D eigenvalue weighted by Crippen LogP contribution is -2.44. The standard InChI is InChI=1S/C21H20BrN3O3/c1-28-16-5-2-4-15(12-16)25-20(26)17-18(13-6-8-14(22)9-7-13)23-10-3-11-24(23)19(17)21(25)27/h2,4-9,12,17-19H,3,10-11H2,1H3/t17-,18+,19+/m1/s1. The van der Waals surface area contributed by atoms with Gasteiger partial charge >= 0.3 is 0 Å². The predicted octanol–water partition coefficient (Wildman–Crippen LogP) is 2.99. The molecular weight excluding hydrogens is 422 g/mol. The molecule has 6 nitrogen and oxygen atoms in total. The number of hydrogen-bond acceptors (Lipinski definition) is 5. The molecule has 144 valence electrons. The number of methoxy groups -OCH3 is 1. The molecule has 0 aliphatic carbocycles. The maximum absolute atomic E-state index is 13.5. The van der Waals surface area contributed by atoms with Crippen LogP contribution in [0.5, 0.6) is 5.75 Å². The minimum absolute atomic E-state index is 0.118. The fraction of sp³-hybridized carbons (Fsp3) is 0.333. The van der Waals surface area contributed by atoms with Gasteiger partial charge in [0.05, 0.1) is 24.8 Å². The molecule has 7 heteroatoms. The topological polar surface area (TPSA) is 53.1 Å². The van der Waals surface area contributed by atoms with E-state index in [9.17, 15) is 9.59 Å². The first-order chi connectivity index (χ1) is 13.6. The largest absolute Gasteiger partial charge is 0.497 e. The Labute approximate surface area is 171 Å². The van der Waals surface area contributed by atoms with Crippen molar-refractivity contribution in [1.29, 1.82) is 0 Å². The van der Waals surface area contributed by atoms with E-state index in [1.807, 2.05) is 30.3 Å². The zero-order chi connectivity index (χ0) is 19.4. The fourth-order valence-electron chi connectivity index (χ4n) is 4.78. The minimum Gasteiger partial charge on any atom is -0.497 e. The van der Waals surface area contributed by atoms with Gasteiger partial charge in [0.2, 0.25) is 5.91 Å². The van der Waals surface area contributed by atoms with Crippen molar-refractivity contribution in [3.8, 4) is 5.75 Å². The molecule has 28 heavy (non-hydrogen) atoms. The summed E-state index contributed by atoms with van der Waals surface area (Å²) in [5.41, 5.74) is 1.64. The summed E-state index contributed by atoms with van der Waals surface area (Å²) in [5.74, 6) is -0.0528. The number of hydrogen-bond donors (Lipinski definition) is 0. The highest BCUT2D eigenvalue weighted by molar-refractivity contribution is 9.10. The Morgan fingerprint density at radius 1 is 0.964 bits per heavy atom. The van der Waals surface area contributed by atoms with E-state index in [4.69, 9.17) is 4.74 Å². The summed E-state index contributed by atoms with van der Waals surface area (Å²) < 4.78 is 6.27. The molecule has 2 amide bonds. The normalized spacial score (nSPS) is 27.4. The van der Waals surface area contributed by atoms with Crippen LogP contribution in [0.1, 0.15) is 18.0 Å². The Bertz CT molecular complexity index is 948. The number of halogens is 1. The van der Waals surface area contributed by atoms with Gasteiger partial charge in [-0.1, -0.05) is 34.1 Å².